The maximum absolute atomic E-state index is 7.13. The van der Waals surface area contributed by atoms with Crippen molar-refractivity contribution in [2.75, 3.05) is 0 Å². The van der Waals surface area contributed by atoms with E-state index in [1.54, 1.807) is 0 Å². The van der Waals surface area contributed by atoms with Gasteiger partial charge in [-0.15, -0.1) is 0 Å². The molecule has 0 saturated heterocycles. The van der Waals surface area contributed by atoms with Crippen molar-refractivity contribution in [3.63, 3.8) is 0 Å². The van der Waals surface area contributed by atoms with Crippen LogP contribution in [0.2, 0.25) is 0 Å². The van der Waals surface area contributed by atoms with Crippen molar-refractivity contribution in [3.05, 3.63) is 11.5 Å². The zero-order chi connectivity index (χ0) is 11.4. The van der Waals surface area contributed by atoms with Gasteiger partial charge in [0.25, 0.3) is 0 Å². The van der Waals surface area contributed by atoms with E-state index in [0.717, 1.165) is 5.47 Å². The van der Waals surface area contributed by atoms with Crippen molar-refractivity contribution in [2.24, 2.45) is 0 Å². The summed E-state index contributed by atoms with van der Waals surface area (Å²) in [6.45, 7) is 9.97. The average molecular weight is 213 g/mol. The summed E-state index contributed by atoms with van der Waals surface area (Å²) in [4.78, 5) is 0. The van der Waals surface area contributed by atoms with Gasteiger partial charge in [-0.2, -0.15) is 12.6 Å². The van der Waals surface area contributed by atoms with E-state index in [9.17, 15) is 0 Å². The first-order valence-corrected chi connectivity index (χ1v) is 5.21. The van der Waals surface area contributed by atoms with Crippen LogP contribution < -0.4 is 0 Å². The zero-order valence-corrected chi connectivity index (χ0v) is 10.6. The van der Waals surface area contributed by atoms with Gasteiger partial charge in [0.15, 0.2) is 0 Å². The Morgan fingerprint density at radius 1 is 1.36 bits per heavy atom. The Balaban J connectivity index is 4.33. The third kappa shape index (κ3) is 3.88. The van der Waals surface area contributed by atoms with Gasteiger partial charge in [-0.1, -0.05) is 6.08 Å². The first-order valence-electron chi connectivity index (χ1n) is 4.76. The number of hydrogen-bond acceptors (Lipinski definition) is 3. The first kappa shape index (κ1) is 13.8. The van der Waals surface area contributed by atoms with Crippen LogP contribution in [0.25, 0.3) is 0 Å². The standard InChI is InChI=1S/C10H20BNOS/c1-6-8(7-12)11-13-9(2,3)10(4,5)14/h6-7,11-12,14H,1-5H3/b8-6+,12-7?. The second-order valence-electron chi connectivity index (χ2n) is 4.37. The molecule has 0 spiro atoms. The van der Waals surface area contributed by atoms with Crippen molar-refractivity contribution < 1.29 is 4.65 Å². The van der Waals surface area contributed by atoms with Crippen LogP contribution in [0.3, 0.4) is 0 Å². The molecule has 4 heteroatoms. The molecule has 0 radical (unpaired) electrons. The molecule has 0 saturated carbocycles. The van der Waals surface area contributed by atoms with Gasteiger partial charge in [0, 0.05) is 11.0 Å². The molecule has 1 N–H and O–H groups in total. The van der Waals surface area contributed by atoms with Crippen LogP contribution in [0.5, 0.6) is 0 Å². The fraction of sp³-hybridized carbons (Fsp3) is 0.700. The molecule has 80 valence electrons. The van der Waals surface area contributed by atoms with Crippen LogP contribution in [0.1, 0.15) is 34.6 Å². The lowest BCUT2D eigenvalue weighted by Gasteiger charge is -2.38. The summed E-state index contributed by atoms with van der Waals surface area (Å²) in [5.41, 5.74) is 0.573. The Kier molecular flexibility index (Phi) is 4.95. The van der Waals surface area contributed by atoms with E-state index >= 15 is 0 Å². The summed E-state index contributed by atoms with van der Waals surface area (Å²) in [6.07, 6.45) is 3.20. The Morgan fingerprint density at radius 2 is 1.86 bits per heavy atom. The highest BCUT2D eigenvalue weighted by Crippen LogP contribution is 2.30. The van der Waals surface area contributed by atoms with Gasteiger partial charge in [0.2, 0.25) is 0 Å². The quantitative estimate of drug-likeness (QED) is 0.410. The van der Waals surface area contributed by atoms with E-state index in [-0.39, 0.29) is 10.3 Å². The molecule has 0 aliphatic carbocycles. The minimum Gasteiger partial charge on any atom is -0.428 e. The van der Waals surface area contributed by atoms with Crippen LogP contribution in [-0.2, 0) is 4.65 Å². The molecule has 0 heterocycles. The summed E-state index contributed by atoms with van der Waals surface area (Å²) in [6, 6.07) is 0. The Morgan fingerprint density at radius 3 is 2.14 bits per heavy atom. The molecule has 0 aliphatic rings. The second kappa shape index (κ2) is 5.03. The van der Waals surface area contributed by atoms with Crippen molar-refractivity contribution in [2.45, 2.75) is 45.0 Å². The average Bonchev–Trinajstić information content (AvgIpc) is 2.04. The van der Waals surface area contributed by atoms with E-state index in [1.165, 1.54) is 6.21 Å². The van der Waals surface area contributed by atoms with E-state index in [4.69, 9.17) is 10.1 Å². The maximum atomic E-state index is 7.13. The number of thiol groups is 1. The van der Waals surface area contributed by atoms with Crippen LogP contribution in [0.15, 0.2) is 11.5 Å². The fourth-order valence-electron chi connectivity index (χ4n) is 0.649. The van der Waals surface area contributed by atoms with Crippen LogP contribution in [0.4, 0.5) is 0 Å². The van der Waals surface area contributed by atoms with Gasteiger partial charge in [-0.05, 0) is 40.1 Å². The molecule has 0 aromatic rings. The number of hydrogen-bond donors (Lipinski definition) is 2. The fourth-order valence-corrected chi connectivity index (χ4v) is 0.713. The molecule has 0 atom stereocenters. The molecule has 0 amide bonds. The van der Waals surface area contributed by atoms with Crippen LogP contribution in [-0.4, -0.2) is 24.0 Å². The highest BCUT2D eigenvalue weighted by atomic mass is 32.1. The lowest BCUT2D eigenvalue weighted by atomic mass is 9.84. The molecule has 0 rings (SSSR count). The van der Waals surface area contributed by atoms with E-state index in [1.807, 2.05) is 40.7 Å². The zero-order valence-electron chi connectivity index (χ0n) is 9.72. The molecular weight excluding hydrogens is 193 g/mol. The molecule has 0 aromatic heterocycles. The van der Waals surface area contributed by atoms with Gasteiger partial charge < -0.3 is 10.1 Å². The molecule has 0 aliphatic heterocycles. The van der Waals surface area contributed by atoms with Gasteiger partial charge >= 0.3 is 7.48 Å². The van der Waals surface area contributed by atoms with Gasteiger partial charge in [0.1, 0.15) is 0 Å². The van der Waals surface area contributed by atoms with Crippen LogP contribution >= 0.6 is 12.6 Å². The van der Waals surface area contributed by atoms with Gasteiger partial charge in [-0.25, -0.2) is 0 Å². The number of nitrogens with one attached hydrogen (secondary N) is 1. The van der Waals surface area contributed by atoms with Gasteiger partial charge in [-0.3, -0.25) is 0 Å². The minimum absolute atomic E-state index is 0.201. The highest BCUT2D eigenvalue weighted by Gasteiger charge is 2.34. The minimum atomic E-state index is -0.312. The summed E-state index contributed by atoms with van der Waals surface area (Å²) >= 11 is 4.49. The Bertz CT molecular complexity index is 231. The van der Waals surface area contributed by atoms with E-state index in [2.05, 4.69) is 12.6 Å². The largest absolute Gasteiger partial charge is 0.428 e. The van der Waals surface area contributed by atoms with Crippen molar-refractivity contribution >= 4 is 26.3 Å². The summed E-state index contributed by atoms with van der Waals surface area (Å²) in [7, 11) is 0.469. The van der Waals surface area contributed by atoms with E-state index < -0.39 is 0 Å². The van der Waals surface area contributed by atoms with Crippen LogP contribution in [0, 0.1) is 5.41 Å². The lowest BCUT2D eigenvalue weighted by molar-refractivity contribution is 0.0848. The van der Waals surface area contributed by atoms with E-state index in [0.29, 0.717) is 7.48 Å². The van der Waals surface area contributed by atoms with Crippen molar-refractivity contribution in [3.8, 4) is 0 Å². The molecule has 0 aromatic carbocycles. The SMILES string of the molecule is C/C=C(/BOC(C)(C)C(C)(C)S)C=N. The third-order valence-corrected chi connectivity index (χ3v) is 3.17. The first-order chi connectivity index (χ1) is 6.24. The molecule has 0 fully saturated rings. The smallest absolute Gasteiger partial charge is 0.310 e. The summed E-state index contributed by atoms with van der Waals surface area (Å²) in [5, 5.41) is 7.13. The molecule has 14 heavy (non-hydrogen) atoms. The summed E-state index contributed by atoms with van der Waals surface area (Å²) < 4.78 is 5.54. The lowest BCUT2D eigenvalue weighted by Crippen LogP contribution is -2.44. The second-order valence-corrected chi connectivity index (χ2v) is 5.48. The molecular formula is C10H20BNOS. The maximum Gasteiger partial charge on any atom is 0.310 e. The normalized spacial score (nSPS) is 14.0. The third-order valence-electron chi connectivity index (χ3n) is 2.63. The van der Waals surface area contributed by atoms with Crippen molar-refractivity contribution in [1.82, 2.24) is 0 Å². The predicted molar refractivity (Wildman–Crippen MR) is 67.9 cm³/mol. The Hall–Kier alpha value is -0.215. The predicted octanol–water partition coefficient (Wildman–Crippen LogP) is 2.39. The van der Waals surface area contributed by atoms with Crippen molar-refractivity contribution in [1.29, 1.82) is 5.41 Å². The molecule has 2 nitrogen and oxygen atoms in total. The molecule has 0 unspecified atom stereocenters. The topological polar surface area (TPSA) is 33.1 Å². The summed E-state index contributed by atoms with van der Waals surface area (Å²) in [5.74, 6) is 0. The Labute approximate surface area is 93.3 Å². The monoisotopic (exact) mass is 213 g/mol. The van der Waals surface area contributed by atoms with Gasteiger partial charge in [0.05, 0.1) is 5.60 Å². The molecule has 0 bridgehead atoms. The number of rotatable bonds is 5. The highest BCUT2D eigenvalue weighted by molar-refractivity contribution is 7.81. The number of allylic oxidation sites excluding steroid dienone is 2.